The average molecular weight is 522 g/mol. The number of rotatable bonds is 6. The number of carbonyl (C=O) groups is 1. The molecule has 190 valence electrons. The molecule has 0 unspecified atom stereocenters. The Hall–Kier alpha value is -4.29. The van der Waals surface area contributed by atoms with E-state index in [0.29, 0.717) is 23.1 Å². The number of hydrogen-bond donors (Lipinski definition) is 2. The number of pyridine rings is 3. The molecule has 2 N–H and O–H groups in total. The fraction of sp³-hybridized carbons (Fsp3) is 0.161. The van der Waals surface area contributed by atoms with Gasteiger partial charge < -0.3 is 10.6 Å². The Balaban J connectivity index is 1.68. The number of aromatic nitrogens is 3. The molecule has 0 spiro atoms. The third-order valence-electron chi connectivity index (χ3n) is 6.01. The fourth-order valence-corrected chi connectivity index (χ4v) is 4.68. The number of nitrogens with one attached hydrogen (secondary N) is 2. The van der Waals surface area contributed by atoms with E-state index < -0.39 is 0 Å². The highest BCUT2D eigenvalue weighted by atomic mass is 35.5. The van der Waals surface area contributed by atoms with E-state index in [9.17, 15) is 4.79 Å². The van der Waals surface area contributed by atoms with Gasteiger partial charge in [-0.1, -0.05) is 66.2 Å². The van der Waals surface area contributed by atoms with Gasteiger partial charge in [0.2, 0.25) is 0 Å². The van der Waals surface area contributed by atoms with Gasteiger partial charge in [0.1, 0.15) is 11.0 Å². The van der Waals surface area contributed by atoms with Crippen LogP contribution in [0.25, 0.3) is 33.0 Å². The van der Waals surface area contributed by atoms with Gasteiger partial charge in [-0.3, -0.25) is 14.8 Å². The Bertz CT molecular complexity index is 1600. The summed E-state index contributed by atoms with van der Waals surface area (Å²) in [6, 6.07) is 23.9. The number of fused-ring (bicyclic) bond motifs is 1. The largest absolute Gasteiger partial charge is 0.364 e. The normalized spacial score (nSPS) is 11.4. The zero-order valence-electron chi connectivity index (χ0n) is 21.5. The molecule has 5 aromatic rings. The Morgan fingerprint density at radius 1 is 0.921 bits per heavy atom. The molecule has 7 heteroatoms. The minimum atomic E-state index is -0.371. The third kappa shape index (κ3) is 5.50. The Labute approximate surface area is 227 Å². The lowest BCUT2D eigenvalue weighted by atomic mass is 9.94. The van der Waals surface area contributed by atoms with Crippen molar-refractivity contribution in [1.29, 1.82) is 0 Å². The summed E-state index contributed by atoms with van der Waals surface area (Å²) in [4.78, 5) is 26.5. The summed E-state index contributed by atoms with van der Waals surface area (Å²) in [6.45, 7) is 6.32. The van der Waals surface area contributed by atoms with E-state index in [2.05, 4.69) is 38.8 Å². The van der Waals surface area contributed by atoms with Gasteiger partial charge in [-0.2, -0.15) is 0 Å². The maximum absolute atomic E-state index is 12.9. The van der Waals surface area contributed by atoms with E-state index in [1.807, 2.05) is 75.4 Å². The molecule has 1 amide bonds. The molecule has 0 atom stereocenters. The lowest BCUT2D eigenvalue weighted by Crippen LogP contribution is -2.40. The van der Waals surface area contributed by atoms with Crippen molar-refractivity contribution < 1.29 is 4.79 Å². The summed E-state index contributed by atoms with van der Waals surface area (Å²) in [5.74, 6) is 0.465. The molecule has 5 rings (SSSR count). The van der Waals surface area contributed by atoms with Crippen molar-refractivity contribution >= 4 is 34.1 Å². The molecule has 0 aliphatic rings. The molecule has 0 fully saturated rings. The van der Waals surface area contributed by atoms with Crippen LogP contribution in [0, 0.1) is 0 Å². The molecule has 0 radical (unpaired) electrons. The first-order valence-corrected chi connectivity index (χ1v) is 12.8. The molecule has 2 aromatic carbocycles. The van der Waals surface area contributed by atoms with Crippen LogP contribution in [-0.4, -0.2) is 26.4 Å². The average Bonchev–Trinajstić information content (AvgIpc) is 2.91. The number of halogens is 1. The van der Waals surface area contributed by atoms with E-state index >= 15 is 0 Å². The summed E-state index contributed by atoms with van der Waals surface area (Å²) in [6.07, 6.45) is 5.04. The van der Waals surface area contributed by atoms with Gasteiger partial charge in [-0.15, -0.1) is 0 Å². The third-order valence-corrected chi connectivity index (χ3v) is 6.29. The molecular formula is C31H28ClN5O. The highest BCUT2D eigenvalue weighted by molar-refractivity contribution is 6.34. The van der Waals surface area contributed by atoms with Crippen molar-refractivity contribution in [3.8, 4) is 22.3 Å². The summed E-state index contributed by atoms with van der Waals surface area (Å²) >= 11 is 6.87. The molecule has 0 aliphatic heterocycles. The summed E-state index contributed by atoms with van der Waals surface area (Å²) < 4.78 is 0. The fourth-order valence-electron chi connectivity index (χ4n) is 4.39. The first-order chi connectivity index (χ1) is 18.3. The maximum Gasteiger partial charge on any atom is 0.253 e. The van der Waals surface area contributed by atoms with Crippen LogP contribution >= 0.6 is 11.6 Å². The molecule has 3 heterocycles. The second kappa shape index (κ2) is 10.6. The topological polar surface area (TPSA) is 79.8 Å². The molecule has 0 bridgehead atoms. The number of carbonyl (C=O) groups excluding carboxylic acids is 1. The summed E-state index contributed by atoms with van der Waals surface area (Å²) in [5.41, 5.74) is 4.50. The molecule has 0 aliphatic carbocycles. The van der Waals surface area contributed by atoms with Gasteiger partial charge >= 0.3 is 0 Å². The highest BCUT2D eigenvalue weighted by Crippen LogP contribution is 2.41. The van der Waals surface area contributed by atoms with Crippen LogP contribution in [0.15, 0.2) is 91.4 Å². The SMILES string of the molecule is CC(C)(C)NC(=O)c1cncc(-c2c(Cl)nc(NCc3ccccn3)c3c(-c4ccccc4)cccc23)c1. The number of nitrogens with zero attached hydrogens (tertiary/aromatic N) is 3. The summed E-state index contributed by atoms with van der Waals surface area (Å²) in [7, 11) is 0. The zero-order valence-corrected chi connectivity index (χ0v) is 22.3. The Kier molecular flexibility index (Phi) is 7.07. The van der Waals surface area contributed by atoms with Gasteiger partial charge in [0.25, 0.3) is 5.91 Å². The molecule has 3 aromatic heterocycles. The second-order valence-corrected chi connectivity index (χ2v) is 10.4. The standard InChI is InChI=1S/C31H28ClN5O/c1-31(2,3)37-30(38)22-16-21(17-33-18-22)26-25-14-9-13-24(20-10-5-4-6-11-20)27(25)29(36-28(26)32)35-19-23-12-7-8-15-34-23/h4-18H,19H2,1-3H3,(H,35,36)(H,37,38). The zero-order chi connectivity index (χ0) is 26.7. The predicted octanol–water partition coefficient (Wildman–Crippen LogP) is 7.15. The first kappa shape index (κ1) is 25.4. The molecule has 0 saturated carbocycles. The van der Waals surface area contributed by atoms with E-state index in [4.69, 9.17) is 16.6 Å². The van der Waals surface area contributed by atoms with E-state index in [1.165, 1.54) is 0 Å². The monoisotopic (exact) mass is 521 g/mol. The van der Waals surface area contributed by atoms with Crippen molar-refractivity contribution in [3.63, 3.8) is 0 Å². The summed E-state index contributed by atoms with van der Waals surface area (Å²) in [5, 5.41) is 8.60. The van der Waals surface area contributed by atoms with Crippen LogP contribution in [0.1, 0.15) is 36.8 Å². The van der Waals surface area contributed by atoms with Crippen molar-refractivity contribution in [1.82, 2.24) is 20.3 Å². The quantitative estimate of drug-likeness (QED) is 0.232. The van der Waals surface area contributed by atoms with Gasteiger partial charge in [0.05, 0.1) is 17.8 Å². The van der Waals surface area contributed by atoms with Crippen LogP contribution in [-0.2, 0) is 6.54 Å². The van der Waals surface area contributed by atoms with Crippen LogP contribution in [0.4, 0.5) is 5.82 Å². The number of benzene rings is 2. The van der Waals surface area contributed by atoms with E-state index in [1.54, 1.807) is 18.6 Å². The van der Waals surface area contributed by atoms with E-state index in [-0.39, 0.29) is 11.4 Å². The van der Waals surface area contributed by atoms with Crippen molar-refractivity contribution in [2.75, 3.05) is 5.32 Å². The number of amides is 1. The van der Waals surface area contributed by atoms with Crippen LogP contribution < -0.4 is 10.6 Å². The minimum Gasteiger partial charge on any atom is -0.364 e. The second-order valence-electron chi connectivity index (χ2n) is 10.1. The van der Waals surface area contributed by atoms with Gasteiger partial charge in [0.15, 0.2) is 0 Å². The smallest absolute Gasteiger partial charge is 0.253 e. The van der Waals surface area contributed by atoms with Crippen LogP contribution in [0.3, 0.4) is 0 Å². The van der Waals surface area contributed by atoms with Crippen molar-refractivity contribution in [3.05, 3.63) is 108 Å². The molecule has 6 nitrogen and oxygen atoms in total. The van der Waals surface area contributed by atoms with Crippen molar-refractivity contribution in [2.24, 2.45) is 0 Å². The van der Waals surface area contributed by atoms with Crippen LogP contribution in [0.5, 0.6) is 0 Å². The number of hydrogen-bond acceptors (Lipinski definition) is 5. The molecular weight excluding hydrogens is 494 g/mol. The lowest BCUT2D eigenvalue weighted by molar-refractivity contribution is 0.0919. The first-order valence-electron chi connectivity index (χ1n) is 12.4. The van der Waals surface area contributed by atoms with Crippen LogP contribution in [0.2, 0.25) is 5.15 Å². The predicted molar refractivity (Wildman–Crippen MR) is 154 cm³/mol. The number of anilines is 1. The highest BCUT2D eigenvalue weighted by Gasteiger charge is 2.20. The van der Waals surface area contributed by atoms with Gasteiger partial charge in [0, 0.05) is 40.6 Å². The Morgan fingerprint density at radius 2 is 1.71 bits per heavy atom. The lowest BCUT2D eigenvalue weighted by Gasteiger charge is -2.21. The maximum atomic E-state index is 12.9. The van der Waals surface area contributed by atoms with Gasteiger partial charge in [-0.25, -0.2) is 4.98 Å². The molecule has 38 heavy (non-hydrogen) atoms. The van der Waals surface area contributed by atoms with Crippen molar-refractivity contribution in [2.45, 2.75) is 32.9 Å². The Morgan fingerprint density at radius 3 is 2.45 bits per heavy atom. The minimum absolute atomic E-state index is 0.196. The molecule has 0 saturated heterocycles. The van der Waals surface area contributed by atoms with Gasteiger partial charge in [-0.05, 0) is 55.5 Å². The van der Waals surface area contributed by atoms with E-state index in [0.717, 1.165) is 38.7 Å².